The first kappa shape index (κ1) is 20.7. The number of rotatable bonds is 6. The molecule has 0 atom stereocenters. The summed E-state index contributed by atoms with van der Waals surface area (Å²) in [6.45, 7) is 2.85. The summed E-state index contributed by atoms with van der Waals surface area (Å²) in [5.41, 5.74) is 4.25. The van der Waals surface area contributed by atoms with Gasteiger partial charge in [0.05, 0.1) is 11.1 Å². The van der Waals surface area contributed by atoms with E-state index >= 15 is 0 Å². The van der Waals surface area contributed by atoms with Gasteiger partial charge in [-0.05, 0) is 70.4 Å². The van der Waals surface area contributed by atoms with E-state index in [9.17, 15) is 4.79 Å². The lowest BCUT2D eigenvalue weighted by Crippen LogP contribution is -2.04. The van der Waals surface area contributed by atoms with Gasteiger partial charge in [0.25, 0.3) is 5.91 Å². The molecule has 0 fully saturated rings. The van der Waals surface area contributed by atoms with Crippen LogP contribution in [-0.4, -0.2) is 12.5 Å². The van der Waals surface area contributed by atoms with Crippen molar-refractivity contribution >= 4 is 55.1 Å². The first-order valence-electron chi connectivity index (χ1n) is 9.51. The number of halogens is 2. The third-order valence-electron chi connectivity index (χ3n) is 4.65. The number of fused-ring (bicyclic) bond motifs is 1. The van der Waals surface area contributed by atoms with E-state index in [1.807, 2.05) is 73.7 Å². The van der Waals surface area contributed by atoms with Crippen molar-refractivity contribution in [3.8, 4) is 11.5 Å². The van der Waals surface area contributed by atoms with Crippen LogP contribution in [0.25, 0.3) is 11.6 Å². The molecule has 0 bridgehead atoms. The zero-order chi connectivity index (χ0) is 21.1. The first-order chi connectivity index (χ1) is 14.5. The monoisotopic (exact) mass is 527 g/mol. The highest BCUT2D eigenvalue weighted by atomic mass is 79.9. The predicted octanol–water partition coefficient (Wildman–Crippen LogP) is 6.68. The highest BCUT2D eigenvalue weighted by Gasteiger charge is 2.23. The molecule has 4 rings (SSSR count). The Morgan fingerprint density at radius 1 is 1.00 bits per heavy atom. The van der Waals surface area contributed by atoms with Crippen molar-refractivity contribution in [2.24, 2.45) is 0 Å². The molecule has 3 aromatic rings. The molecule has 6 heteroatoms. The number of hydrogen-bond acceptors (Lipinski definition) is 3. The molecule has 4 nitrogen and oxygen atoms in total. The minimum Gasteiger partial charge on any atom is -0.490 e. The first-order valence-corrected chi connectivity index (χ1v) is 11.1. The van der Waals surface area contributed by atoms with Crippen molar-refractivity contribution in [2.75, 3.05) is 11.9 Å². The van der Waals surface area contributed by atoms with Gasteiger partial charge in [-0.25, -0.2) is 0 Å². The molecule has 1 amide bonds. The fraction of sp³-hybridized carbons (Fsp3) is 0.125. The third kappa shape index (κ3) is 4.45. The van der Waals surface area contributed by atoms with Gasteiger partial charge < -0.3 is 14.8 Å². The predicted molar refractivity (Wildman–Crippen MR) is 127 cm³/mol. The molecule has 1 heterocycles. The summed E-state index contributed by atoms with van der Waals surface area (Å²) >= 11 is 7.05. The molecule has 0 unspecified atom stereocenters. The van der Waals surface area contributed by atoms with Gasteiger partial charge >= 0.3 is 0 Å². The summed E-state index contributed by atoms with van der Waals surface area (Å²) in [5, 5.41) is 2.90. The molecule has 1 aliphatic heterocycles. The van der Waals surface area contributed by atoms with Crippen molar-refractivity contribution in [1.82, 2.24) is 0 Å². The average Bonchev–Trinajstić information content (AvgIpc) is 3.04. The number of carbonyl (C=O) groups excluding carboxylic acids is 1. The van der Waals surface area contributed by atoms with Crippen molar-refractivity contribution in [1.29, 1.82) is 0 Å². The summed E-state index contributed by atoms with van der Waals surface area (Å²) in [5.74, 6) is 1.15. The largest absolute Gasteiger partial charge is 0.490 e. The minimum atomic E-state index is -0.110. The number of carbonyl (C=O) groups is 1. The fourth-order valence-electron chi connectivity index (χ4n) is 3.26. The Morgan fingerprint density at radius 3 is 2.53 bits per heavy atom. The summed E-state index contributed by atoms with van der Waals surface area (Å²) in [6, 6.07) is 19.5. The van der Waals surface area contributed by atoms with E-state index in [2.05, 4.69) is 37.2 Å². The van der Waals surface area contributed by atoms with Crippen molar-refractivity contribution in [2.45, 2.75) is 13.5 Å². The van der Waals surface area contributed by atoms with Crippen LogP contribution in [0.3, 0.4) is 0 Å². The SMILES string of the molecule is CCOc1cc(/C=C2\C(=O)Nc3ccccc32)cc(Br)c1OCc1ccc(Br)cc1. The zero-order valence-corrected chi connectivity index (χ0v) is 19.4. The summed E-state index contributed by atoms with van der Waals surface area (Å²) < 4.78 is 13.7. The molecule has 0 aromatic heterocycles. The summed E-state index contributed by atoms with van der Waals surface area (Å²) in [6.07, 6.45) is 1.87. The van der Waals surface area contributed by atoms with Gasteiger partial charge in [-0.1, -0.05) is 46.3 Å². The highest BCUT2D eigenvalue weighted by molar-refractivity contribution is 9.10. The lowest BCUT2D eigenvalue weighted by atomic mass is 10.0. The molecule has 30 heavy (non-hydrogen) atoms. The molecule has 0 spiro atoms. The van der Waals surface area contributed by atoms with Crippen molar-refractivity contribution in [3.05, 3.63) is 86.3 Å². The van der Waals surface area contributed by atoms with Gasteiger partial charge in [0.2, 0.25) is 0 Å². The van der Waals surface area contributed by atoms with E-state index in [1.54, 1.807) is 0 Å². The summed E-state index contributed by atoms with van der Waals surface area (Å²) in [7, 11) is 0. The maximum atomic E-state index is 12.4. The van der Waals surface area contributed by atoms with Gasteiger partial charge in [-0.2, -0.15) is 0 Å². The Hall–Kier alpha value is -2.57. The number of ether oxygens (including phenoxy) is 2. The van der Waals surface area contributed by atoms with E-state index < -0.39 is 0 Å². The van der Waals surface area contributed by atoms with Crippen molar-refractivity contribution in [3.63, 3.8) is 0 Å². The second kappa shape index (κ2) is 9.06. The zero-order valence-electron chi connectivity index (χ0n) is 16.2. The number of anilines is 1. The second-order valence-corrected chi connectivity index (χ2v) is 8.51. The van der Waals surface area contributed by atoms with Gasteiger partial charge in [0.1, 0.15) is 6.61 Å². The van der Waals surface area contributed by atoms with Crippen LogP contribution in [0, 0.1) is 0 Å². The average molecular weight is 529 g/mol. The van der Waals surface area contributed by atoms with E-state index in [-0.39, 0.29) is 5.91 Å². The van der Waals surface area contributed by atoms with Crippen LogP contribution < -0.4 is 14.8 Å². The van der Waals surface area contributed by atoms with Crippen LogP contribution in [0.15, 0.2) is 69.6 Å². The number of para-hydroxylation sites is 1. The molecule has 3 aromatic carbocycles. The van der Waals surface area contributed by atoms with E-state index in [0.29, 0.717) is 30.3 Å². The lowest BCUT2D eigenvalue weighted by Gasteiger charge is -2.15. The van der Waals surface area contributed by atoms with Crippen LogP contribution in [0.1, 0.15) is 23.6 Å². The standard InChI is InChI=1S/C24H19Br2NO3/c1-2-29-22-13-16(11-19-18-5-3-4-6-21(18)27-24(19)28)12-20(26)23(22)30-14-15-7-9-17(25)10-8-15/h3-13H,2,14H2,1H3,(H,27,28)/b19-11-. The maximum Gasteiger partial charge on any atom is 0.256 e. The Kier molecular flexibility index (Phi) is 6.25. The van der Waals surface area contributed by atoms with Crippen LogP contribution in [0.2, 0.25) is 0 Å². The number of amides is 1. The van der Waals surface area contributed by atoms with Crippen molar-refractivity contribution < 1.29 is 14.3 Å². The smallest absolute Gasteiger partial charge is 0.256 e. The molecule has 0 saturated carbocycles. The Morgan fingerprint density at radius 2 is 1.77 bits per heavy atom. The molecule has 1 aliphatic rings. The van der Waals surface area contributed by atoms with Crippen LogP contribution in [0.4, 0.5) is 5.69 Å². The summed E-state index contributed by atoms with van der Waals surface area (Å²) in [4.78, 5) is 12.4. The minimum absolute atomic E-state index is 0.110. The molecule has 0 radical (unpaired) electrons. The fourth-order valence-corrected chi connectivity index (χ4v) is 4.10. The number of benzene rings is 3. The molecule has 0 aliphatic carbocycles. The Bertz CT molecular complexity index is 1120. The molecule has 152 valence electrons. The van der Waals surface area contributed by atoms with Crippen LogP contribution >= 0.6 is 31.9 Å². The molecule has 1 N–H and O–H groups in total. The van der Waals surface area contributed by atoms with Gasteiger partial charge in [0.15, 0.2) is 11.5 Å². The normalized spacial score (nSPS) is 13.8. The Balaban J connectivity index is 1.65. The molecular formula is C24H19Br2NO3. The third-order valence-corrected chi connectivity index (χ3v) is 5.77. The van der Waals surface area contributed by atoms with E-state index in [4.69, 9.17) is 9.47 Å². The molecule has 0 saturated heterocycles. The number of nitrogens with one attached hydrogen (secondary N) is 1. The van der Waals surface area contributed by atoms with E-state index in [0.717, 1.165) is 31.3 Å². The highest BCUT2D eigenvalue weighted by Crippen LogP contribution is 2.39. The van der Waals surface area contributed by atoms with Gasteiger partial charge in [-0.15, -0.1) is 0 Å². The second-order valence-electron chi connectivity index (χ2n) is 6.74. The maximum absolute atomic E-state index is 12.4. The van der Waals surface area contributed by atoms with Crippen LogP contribution in [0.5, 0.6) is 11.5 Å². The quantitative estimate of drug-likeness (QED) is 0.363. The van der Waals surface area contributed by atoms with Gasteiger partial charge in [0, 0.05) is 21.3 Å². The molecular weight excluding hydrogens is 510 g/mol. The lowest BCUT2D eigenvalue weighted by molar-refractivity contribution is -0.110. The number of hydrogen-bond donors (Lipinski definition) is 1. The van der Waals surface area contributed by atoms with E-state index in [1.165, 1.54) is 0 Å². The van der Waals surface area contributed by atoms with Gasteiger partial charge in [-0.3, -0.25) is 4.79 Å². The van der Waals surface area contributed by atoms with Crippen LogP contribution in [-0.2, 0) is 11.4 Å². The topological polar surface area (TPSA) is 47.6 Å². The Labute approximate surface area is 192 Å².